The third kappa shape index (κ3) is 5.07. The molecule has 0 aliphatic carbocycles. The molecular formula is C22H32N3O2+. The molecule has 1 unspecified atom stereocenters. The monoisotopic (exact) mass is 370 g/mol. The molecule has 2 N–H and O–H groups in total. The first-order chi connectivity index (χ1) is 12.9. The van der Waals surface area contributed by atoms with Gasteiger partial charge < -0.3 is 14.8 Å². The molecular weight excluding hydrogens is 338 g/mol. The molecule has 0 saturated heterocycles. The number of aryl methyl sites for hydroxylation is 1. The molecule has 2 rings (SSSR count). The van der Waals surface area contributed by atoms with Crippen LogP contribution in [0.1, 0.15) is 54.1 Å². The zero-order valence-corrected chi connectivity index (χ0v) is 17.1. The van der Waals surface area contributed by atoms with Crippen LogP contribution in [0.2, 0.25) is 0 Å². The van der Waals surface area contributed by atoms with Crippen molar-refractivity contribution in [3.05, 3.63) is 58.9 Å². The van der Waals surface area contributed by atoms with Gasteiger partial charge in [-0.3, -0.25) is 9.59 Å². The van der Waals surface area contributed by atoms with Crippen LogP contribution >= 0.6 is 0 Å². The van der Waals surface area contributed by atoms with Gasteiger partial charge in [0, 0.05) is 23.5 Å². The topological polar surface area (TPSA) is 55.5 Å². The zero-order chi connectivity index (χ0) is 20.0. The predicted molar refractivity (Wildman–Crippen MR) is 108 cm³/mol. The van der Waals surface area contributed by atoms with Crippen LogP contribution in [0.25, 0.3) is 0 Å². The van der Waals surface area contributed by atoms with Crippen LogP contribution in [0.5, 0.6) is 0 Å². The summed E-state index contributed by atoms with van der Waals surface area (Å²) >= 11 is 0. The Balaban J connectivity index is 2.19. The van der Waals surface area contributed by atoms with Crippen molar-refractivity contribution in [2.45, 2.75) is 40.7 Å². The fourth-order valence-corrected chi connectivity index (χ4v) is 3.66. The van der Waals surface area contributed by atoms with Gasteiger partial charge in [0.2, 0.25) is 5.78 Å². The van der Waals surface area contributed by atoms with Crippen molar-refractivity contribution >= 4 is 11.7 Å². The lowest BCUT2D eigenvalue weighted by Crippen LogP contribution is -3.13. The summed E-state index contributed by atoms with van der Waals surface area (Å²) in [6.45, 7) is 12.1. The van der Waals surface area contributed by atoms with E-state index in [2.05, 4.69) is 28.9 Å². The summed E-state index contributed by atoms with van der Waals surface area (Å²) in [6.07, 6.45) is 0. The van der Waals surface area contributed by atoms with Gasteiger partial charge in [-0.25, -0.2) is 0 Å². The number of hydrogen-bond donors (Lipinski definition) is 2. The quantitative estimate of drug-likeness (QED) is 0.663. The summed E-state index contributed by atoms with van der Waals surface area (Å²) in [6, 6.07) is 12.5. The van der Waals surface area contributed by atoms with E-state index < -0.39 is 0 Å². The lowest BCUT2D eigenvalue weighted by atomic mass is 10.1. The number of benzene rings is 1. The van der Waals surface area contributed by atoms with Crippen LogP contribution in [-0.2, 0) is 4.79 Å². The number of aromatic nitrogens is 1. The minimum atomic E-state index is -0.00896. The number of carbonyl (C=O) groups excluding carboxylic acids is 2. The van der Waals surface area contributed by atoms with E-state index in [-0.39, 0.29) is 17.7 Å². The van der Waals surface area contributed by atoms with E-state index in [1.54, 1.807) is 0 Å². The molecule has 1 amide bonds. The largest absolute Gasteiger partial charge is 0.351 e. The first kappa shape index (κ1) is 20.9. The molecule has 5 heteroatoms. The minimum absolute atomic E-state index is 0.00896. The van der Waals surface area contributed by atoms with Crippen LogP contribution in [0.4, 0.5) is 0 Å². The summed E-state index contributed by atoms with van der Waals surface area (Å²) in [5, 5.41) is 2.81. The Labute approximate surface area is 162 Å². The molecule has 1 aromatic heterocycles. The second kappa shape index (κ2) is 9.51. The van der Waals surface area contributed by atoms with E-state index in [0.29, 0.717) is 19.6 Å². The molecule has 0 bridgehead atoms. The maximum absolute atomic E-state index is 12.9. The Bertz CT molecular complexity index is 780. The molecule has 27 heavy (non-hydrogen) atoms. The minimum Gasteiger partial charge on any atom is -0.351 e. The van der Waals surface area contributed by atoms with E-state index in [0.717, 1.165) is 28.4 Å². The molecule has 2 atom stereocenters. The molecule has 0 radical (unpaired) electrons. The molecule has 0 aliphatic heterocycles. The second-order valence-corrected chi connectivity index (χ2v) is 7.08. The van der Waals surface area contributed by atoms with Gasteiger partial charge in [-0.2, -0.15) is 0 Å². The lowest BCUT2D eigenvalue weighted by molar-refractivity contribution is -0.881. The fourth-order valence-electron chi connectivity index (χ4n) is 3.66. The standard InChI is InChI=1S/C22H31N3O2/c1-6-23-22(27)15-24(7-2)14-21(26)20-13-16(3)25(18(20)5)17(4)19-11-9-8-10-12-19/h8-13,17H,6-7,14-15H2,1-5H3,(H,23,27)/p+1/t17-/m0/s1. The van der Waals surface area contributed by atoms with Gasteiger partial charge in [0.1, 0.15) is 6.54 Å². The Morgan fingerprint density at radius 1 is 1.11 bits per heavy atom. The number of nitrogens with zero attached hydrogens (tertiary/aromatic N) is 1. The number of ketones is 1. The molecule has 2 aromatic rings. The van der Waals surface area contributed by atoms with Crippen molar-refractivity contribution in [1.29, 1.82) is 0 Å². The molecule has 0 aliphatic rings. The van der Waals surface area contributed by atoms with Gasteiger partial charge in [0.05, 0.1) is 12.6 Å². The maximum Gasteiger partial charge on any atom is 0.275 e. The molecule has 0 spiro atoms. The highest BCUT2D eigenvalue weighted by Crippen LogP contribution is 2.25. The Morgan fingerprint density at radius 2 is 1.78 bits per heavy atom. The average Bonchev–Trinajstić information content (AvgIpc) is 2.95. The van der Waals surface area contributed by atoms with E-state index >= 15 is 0 Å². The highest BCUT2D eigenvalue weighted by atomic mass is 16.2. The third-order valence-electron chi connectivity index (χ3n) is 5.15. The Morgan fingerprint density at radius 3 is 2.37 bits per heavy atom. The van der Waals surface area contributed by atoms with Crippen molar-refractivity contribution < 1.29 is 14.5 Å². The number of rotatable bonds is 9. The van der Waals surface area contributed by atoms with E-state index in [9.17, 15) is 9.59 Å². The van der Waals surface area contributed by atoms with Crippen molar-refractivity contribution in [1.82, 2.24) is 9.88 Å². The van der Waals surface area contributed by atoms with Crippen molar-refractivity contribution in [3.8, 4) is 0 Å². The SMILES string of the molecule is CCNC(=O)C[NH+](CC)CC(=O)c1cc(C)n([C@@H](C)c2ccccc2)c1C. The maximum atomic E-state index is 12.9. The van der Waals surface area contributed by atoms with Gasteiger partial charge in [-0.15, -0.1) is 0 Å². The molecule has 0 fully saturated rings. The molecule has 0 saturated carbocycles. The van der Waals surface area contributed by atoms with Crippen LogP contribution < -0.4 is 10.2 Å². The average molecular weight is 371 g/mol. The van der Waals surface area contributed by atoms with Gasteiger partial charge in [-0.05, 0) is 46.2 Å². The predicted octanol–water partition coefficient (Wildman–Crippen LogP) is 1.94. The number of Topliss-reactive ketones (excluding diaryl/α,β-unsaturated/α-hetero) is 1. The molecule has 5 nitrogen and oxygen atoms in total. The number of nitrogens with one attached hydrogen (secondary N) is 2. The molecule has 146 valence electrons. The summed E-state index contributed by atoms with van der Waals surface area (Å²) < 4.78 is 2.22. The number of likely N-dealkylation sites (N-methyl/N-ethyl adjacent to an activating group) is 2. The van der Waals surface area contributed by atoms with Gasteiger partial charge >= 0.3 is 0 Å². The second-order valence-electron chi connectivity index (χ2n) is 7.08. The van der Waals surface area contributed by atoms with Crippen molar-refractivity contribution in [2.24, 2.45) is 0 Å². The first-order valence-electron chi connectivity index (χ1n) is 9.75. The van der Waals surface area contributed by atoms with Crippen LogP contribution in [0.15, 0.2) is 36.4 Å². The summed E-state index contributed by atoms with van der Waals surface area (Å²) in [5.74, 6) is 0.0843. The fraction of sp³-hybridized carbons (Fsp3) is 0.455. The van der Waals surface area contributed by atoms with E-state index in [4.69, 9.17) is 0 Å². The van der Waals surface area contributed by atoms with Crippen molar-refractivity contribution in [3.63, 3.8) is 0 Å². The van der Waals surface area contributed by atoms with Gasteiger partial charge in [0.25, 0.3) is 5.91 Å². The van der Waals surface area contributed by atoms with E-state index in [1.807, 2.05) is 52.0 Å². The number of carbonyl (C=O) groups is 2. The highest BCUT2D eigenvalue weighted by Gasteiger charge is 2.23. The van der Waals surface area contributed by atoms with Crippen LogP contribution in [-0.4, -0.2) is 42.4 Å². The summed E-state index contributed by atoms with van der Waals surface area (Å²) in [4.78, 5) is 25.8. The van der Waals surface area contributed by atoms with Gasteiger partial charge in [0.15, 0.2) is 6.54 Å². The summed E-state index contributed by atoms with van der Waals surface area (Å²) in [5.41, 5.74) is 4.05. The first-order valence-corrected chi connectivity index (χ1v) is 9.75. The Kier molecular flexibility index (Phi) is 7.36. The number of amides is 1. The summed E-state index contributed by atoms with van der Waals surface area (Å²) in [7, 11) is 0. The van der Waals surface area contributed by atoms with Crippen LogP contribution in [0.3, 0.4) is 0 Å². The zero-order valence-electron chi connectivity index (χ0n) is 17.1. The highest BCUT2D eigenvalue weighted by molar-refractivity contribution is 5.98. The van der Waals surface area contributed by atoms with Gasteiger partial charge in [-0.1, -0.05) is 30.3 Å². The number of quaternary nitrogens is 1. The molecule has 1 heterocycles. The van der Waals surface area contributed by atoms with Crippen LogP contribution in [0, 0.1) is 13.8 Å². The van der Waals surface area contributed by atoms with Crippen molar-refractivity contribution in [2.75, 3.05) is 26.2 Å². The molecule has 1 aromatic carbocycles. The normalized spacial score (nSPS) is 13.2. The third-order valence-corrected chi connectivity index (χ3v) is 5.15. The van der Waals surface area contributed by atoms with E-state index in [1.165, 1.54) is 5.56 Å². The lowest BCUT2D eigenvalue weighted by Gasteiger charge is -2.19. The number of hydrogen-bond acceptors (Lipinski definition) is 2. The smallest absolute Gasteiger partial charge is 0.275 e. The Hall–Kier alpha value is -2.40.